The molecule has 0 aromatic heterocycles. The highest BCUT2D eigenvalue weighted by molar-refractivity contribution is 6.08. The Labute approximate surface area is 126 Å². The highest BCUT2D eigenvalue weighted by Gasteiger charge is 2.12. The molecule has 0 saturated carbocycles. The minimum absolute atomic E-state index is 0.416. The van der Waals surface area contributed by atoms with Crippen molar-refractivity contribution < 1.29 is 19.4 Å². The van der Waals surface area contributed by atoms with Gasteiger partial charge < -0.3 is 14.6 Å². The van der Waals surface area contributed by atoms with E-state index in [9.17, 15) is 9.90 Å². The second kappa shape index (κ2) is 13.3. The number of aliphatic carboxylic acids is 1. The zero-order valence-corrected chi connectivity index (χ0v) is 15.2. The molecule has 0 aromatic rings. The lowest BCUT2D eigenvalue weighted by Crippen LogP contribution is -2.18. The van der Waals surface area contributed by atoms with E-state index in [0.717, 1.165) is 48.4 Å². The molecule has 0 spiro atoms. The van der Waals surface area contributed by atoms with E-state index in [1.165, 1.54) is 0 Å². The van der Waals surface area contributed by atoms with Gasteiger partial charge in [0.25, 0.3) is 0 Å². The number of carboxylic acids is 1. The minimum Gasteiger partial charge on any atom is -0.478 e. The molecule has 118 valence electrons. The summed E-state index contributed by atoms with van der Waals surface area (Å²) >= 11 is 0. The minimum atomic E-state index is -0.858. The van der Waals surface area contributed by atoms with Gasteiger partial charge in [-0.15, -0.1) is 0 Å². The molecule has 5 heteroatoms. The summed E-state index contributed by atoms with van der Waals surface area (Å²) in [7, 11) is 1.11. The Morgan fingerprint density at radius 1 is 1.15 bits per heavy atom. The fourth-order valence-corrected chi connectivity index (χ4v) is 1.98. The number of carboxylic acid groups (broad SMARTS) is 1. The van der Waals surface area contributed by atoms with Gasteiger partial charge in [0.15, 0.2) is 6.29 Å². The third-order valence-corrected chi connectivity index (χ3v) is 3.68. The summed E-state index contributed by atoms with van der Waals surface area (Å²) in [5, 5.41) is 9.22. The van der Waals surface area contributed by atoms with Crippen LogP contribution in [0.1, 0.15) is 52.4 Å². The Hall–Kier alpha value is -0.653. The lowest BCUT2D eigenvalue weighted by molar-refractivity contribution is -0.134. The molecule has 0 aliphatic heterocycles. The van der Waals surface area contributed by atoms with Crippen molar-refractivity contribution in [2.45, 2.75) is 64.7 Å². The molecule has 4 nitrogen and oxygen atoms in total. The van der Waals surface area contributed by atoms with Gasteiger partial charge in [0, 0.05) is 15.8 Å². The molecule has 0 unspecified atom stereocenters. The molecule has 1 N–H and O–H groups in total. The van der Waals surface area contributed by atoms with E-state index < -0.39 is 12.3 Å². The first kappa shape index (κ1) is 19.3. The molecule has 0 aliphatic carbocycles. The van der Waals surface area contributed by atoms with Gasteiger partial charge in [-0.2, -0.15) is 0 Å². The number of unbranched alkanes of at least 4 members (excludes halogenated alkanes) is 2. The van der Waals surface area contributed by atoms with Gasteiger partial charge in [-0.05, 0) is 25.3 Å². The molecule has 0 atom stereocenters. The van der Waals surface area contributed by atoms with Crippen LogP contribution in [0.5, 0.6) is 0 Å². The maximum absolute atomic E-state index is 11.2. The van der Waals surface area contributed by atoms with E-state index in [1.54, 1.807) is 6.08 Å². The van der Waals surface area contributed by atoms with Crippen molar-refractivity contribution in [2.75, 3.05) is 13.2 Å². The zero-order chi connectivity index (χ0) is 15.2. The van der Waals surface area contributed by atoms with Crippen LogP contribution in [-0.4, -0.2) is 40.8 Å². The third-order valence-electron chi connectivity index (χ3n) is 2.97. The number of hydrogen-bond donors (Lipinski definition) is 1. The van der Waals surface area contributed by atoms with Crippen LogP contribution in [0.25, 0.3) is 0 Å². The van der Waals surface area contributed by atoms with Crippen LogP contribution in [0.2, 0.25) is 6.04 Å². The van der Waals surface area contributed by atoms with E-state index in [2.05, 4.69) is 13.8 Å². The summed E-state index contributed by atoms with van der Waals surface area (Å²) in [6.07, 6.45) is 6.69. The van der Waals surface area contributed by atoms with Crippen LogP contribution in [0.15, 0.2) is 11.6 Å². The molecular weight excluding hydrogens is 272 g/mol. The summed E-state index contributed by atoms with van der Waals surface area (Å²) in [6.45, 7) is 5.41. The topological polar surface area (TPSA) is 55.8 Å². The molecule has 0 radical (unpaired) electrons. The molecule has 0 aromatic carbocycles. The predicted octanol–water partition coefficient (Wildman–Crippen LogP) is 2.52. The fraction of sp³-hybridized carbons (Fsp3) is 0.800. The average molecular weight is 302 g/mol. The Balaban J connectivity index is 4.54. The summed E-state index contributed by atoms with van der Waals surface area (Å²) in [6, 6.07) is 1.11. The summed E-state index contributed by atoms with van der Waals surface area (Å²) in [5.74, 6) is -0.858. The SMILES string of the molecule is CCCCOC(C=C(CCC[SiH3])C(=O)O)OCCCC. The fourth-order valence-electron chi connectivity index (χ4n) is 1.63. The van der Waals surface area contributed by atoms with Gasteiger partial charge in [-0.1, -0.05) is 39.2 Å². The maximum atomic E-state index is 11.2. The smallest absolute Gasteiger partial charge is 0.331 e. The summed E-state index contributed by atoms with van der Waals surface area (Å²) in [5.41, 5.74) is 0.416. The molecule has 0 aliphatic rings. The second-order valence-electron chi connectivity index (χ2n) is 4.92. The van der Waals surface area contributed by atoms with Crippen LogP contribution < -0.4 is 0 Å². The van der Waals surface area contributed by atoms with Crippen molar-refractivity contribution in [2.24, 2.45) is 0 Å². The molecule has 0 amide bonds. The highest BCUT2D eigenvalue weighted by atomic mass is 28.1. The Kier molecular flexibility index (Phi) is 12.9. The van der Waals surface area contributed by atoms with Crippen molar-refractivity contribution in [3.05, 3.63) is 11.6 Å². The average Bonchev–Trinajstić information content (AvgIpc) is 2.42. The van der Waals surface area contributed by atoms with Crippen LogP contribution in [0.4, 0.5) is 0 Å². The molecule has 0 saturated heterocycles. The molecule has 20 heavy (non-hydrogen) atoms. The van der Waals surface area contributed by atoms with Crippen LogP contribution >= 0.6 is 0 Å². The first-order chi connectivity index (χ1) is 9.65. The molecule has 0 bridgehead atoms. The van der Waals surface area contributed by atoms with Gasteiger partial charge in [-0.3, -0.25) is 0 Å². The normalized spacial score (nSPS) is 12.2. The van der Waals surface area contributed by atoms with Gasteiger partial charge in [0.2, 0.25) is 0 Å². The Bertz CT molecular complexity index is 269. The third kappa shape index (κ3) is 10.2. The van der Waals surface area contributed by atoms with Gasteiger partial charge in [0.1, 0.15) is 0 Å². The van der Waals surface area contributed by atoms with Crippen LogP contribution in [-0.2, 0) is 14.3 Å². The molecular formula is C15H30O4Si. The second-order valence-corrected chi connectivity index (χ2v) is 5.92. The summed E-state index contributed by atoms with van der Waals surface area (Å²) in [4.78, 5) is 11.2. The Morgan fingerprint density at radius 3 is 2.10 bits per heavy atom. The molecule has 0 rings (SSSR count). The number of carbonyl (C=O) groups is 1. The van der Waals surface area contributed by atoms with Crippen LogP contribution in [0, 0.1) is 0 Å². The van der Waals surface area contributed by atoms with Crippen molar-refractivity contribution in [1.82, 2.24) is 0 Å². The highest BCUT2D eigenvalue weighted by Crippen LogP contribution is 2.12. The maximum Gasteiger partial charge on any atom is 0.331 e. The van der Waals surface area contributed by atoms with Crippen molar-refractivity contribution in [1.29, 1.82) is 0 Å². The Morgan fingerprint density at radius 2 is 1.70 bits per heavy atom. The molecule has 0 fully saturated rings. The van der Waals surface area contributed by atoms with Gasteiger partial charge >= 0.3 is 5.97 Å². The largest absolute Gasteiger partial charge is 0.478 e. The summed E-state index contributed by atoms with van der Waals surface area (Å²) < 4.78 is 11.3. The van der Waals surface area contributed by atoms with Gasteiger partial charge in [-0.25, -0.2) is 4.79 Å². The van der Waals surface area contributed by atoms with Crippen molar-refractivity contribution >= 4 is 16.2 Å². The first-order valence-corrected chi connectivity index (χ1v) is 9.24. The molecule has 0 heterocycles. The standard InChI is InChI=1S/C15H30O4Si/c1-3-5-9-18-14(19-10-6-4-2)12-13(15(16)17)8-7-11-20/h12,14H,3-11H2,1-2,20H3,(H,16,17). The lowest BCUT2D eigenvalue weighted by Gasteiger charge is -2.16. The number of ether oxygens (including phenoxy) is 2. The van der Waals surface area contributed by atoms with E-state index in [4.69, 9.17) is 9.47 Å². The van der Waals surface area contributed by atoms with Crippen molar-refractivity contribution in [3.63, 3.8) is 0 Å². The van der Waals surface area contributed by atoms with E-state index in [1.807, 2.05) is 0 Å². The predicted molar refractivity (Wildman–Crippen MR) is 85.2 cm³/mol. The van der Waals surface area contributed by atoms with E-state index in [0.29, 0.717) is 25.2 Å². The monoisotopic (exact) mass is 302 g/mol. The van der Waals surface area contributed by atoms with E-state index >= 15 is 0 Å². The van der Waals surface area contributed by atoms with E-state index in [-0.39, 0.29) is 0 Å². The lowest BCUT2D eigenvalue weighted by atomic mass is 10.1. The zero-order valence-electron chi connectivity index (χ0n) is 13.2. The van der Waals surface area contributed by atoms with Crippen LogP contribution in [0.3, 0.4) is 0 Å². The van der Waals surface area contributed by atoms with Crippen molar-refractivity contribution in [3.8, 4) is 0 Å². The first-order valence-electron chi connectivity index (χ1n) is 7.82. The quantitative estimate of drug-likeness (QED) is 0.246. The number of rotatable bonds is 13. The number of hydrogen-bond acceptors (Lipinski definition) is 3. The van der Waals surface area contributed by atoms with Gasteiger partial charge in [0.05, 0.1) is 13.2 Å².